The van der Waals surface area contributed by atoms with Crippen LogP contribution in [0.4, 0.5) is 0 Å². The van der Waals surface area contributed by atoms with E-state index in [0.717, 1.165) is 0 Å². The average Bonchev–Trinajstić information content (AvgIpc) is 3.49. The van der Waals surface area contributed by atoms with Crippen LogP contribution in [0, 0.1) is 0 Å². The van der Waals surface area contributed by atoms with E-state index in [1.807, 2.05) is 0 Å². The second kappa shape index (κ2) is 15.6. The molecule has 0 radical (unpaired) electrons. The number of ether oxygens (including phenoxy) is 7. The van der Waals surface area contributed by atoms with Gasteiger partial charge in [-0.2, -0.15) is 0 Å². The second-order valence-corrected chi connectivity index (χ2v) is 11.1. The van der Waals surface area contributed by atoms with Crippen molar-refractivity contribution < 1.29 is 105 Å². The maximum absolute atomic E-state index is 11.1. The van der Waals surface area contributed by atoms with Crippen LogP contribution in [0.2, 0.25) is 0 Å². The zero-order valence-electron chi connectivity index (χ0n) is 23.5. The van der Waals surface area contributed by atoms with Gasteiger partial charge in [0, 0.05) is 0 Å². The van der Waals surface area contributed by atoms with Gasteiger partial charge in [0.2, 0.25) is 0 Å². The minimum Gasteiger partial charge on any atom is -0.394 e. The first-order chi connectivity index (χ1) is 21.3. The van der Waals surface area contributed by atoms with Crippen molar-refractivity contribution in [2.75, 3.05) is 26.4 Å². The fourth-order valence-corrected chi connectivity index (χ4v) is 5.56. The van der Waals surface area contributed by atoms with Crippen LogP contribution in [0.15, 0.2) is 0 Å². The van der Waals surface area contributed by atoms with Gasteiger partial charge in [-0.25, -0.2) is 0 Å². The van der Waals surface area contributed by atoms with Gasteiger partial charge in [-0.15, -0.1) is 0 Å². The van der Waals surface area contributed by atoms with Crippen molar-refractivity contribution in [2.45, 2.75) is 123 Å². The van der Waals surface area contributed by atoms with E-state index in [2.05, 4.69) is 0 Å². The molecule has 20 atom stereocenters. The lowest BCUT2D eigenvalue weighted by atomic mass is 9.98. The van der Waals surface area contributed by atoms with E-state index >= 15 is 0 Å². The summed E-state index contributed by atoms with van der Waals surface area (Å²) < 4.78 is 37.9. The van der Waals surface area contributed by atoms with Crippen LogP contribution in [-0.2, 0) is 33.2 Å². The summed E-state index contributed by atoms with van der Waals surface area (Å²) in [4.78, 5) is 0. The van der Waals surface area contributed by atoms with Gasteiger partial charge >= 0.3 is 0 Å². The molecule has 0 aromatic carbocycles. The number of hydrogen-bond donors (Lipinski definition) is 14. The Morgan fingerprint density at radius 1 is 0.444 bits per heavy atom. The topological polar surface area (TPSA) is 348 Å². The molecule has 0 saturated carbocycles. The average molecular weight is 667 g/mol. The molecule has 4 fully saturated rings. The van der Waals surface area contributed by atoms with Crippen molar-refractivity contribution in [2.24, 2.45) is 0 Å². The van der Waals surface area contributed by atoms with E-state index in [9.17, 15) is 71.5 Å². The summed E-state index contributed by atoms with van der Waals surface area (Å²) in [5.41, 5.74) is 0. The summed E-state index contributed by atoms with van der Waals surface area (Å²) >= 11 is 0. The van der Waals surface area contributed by atoms with E-state index in [0.29, 0.717) is 0 Å². The molecule has 4 heterocycles. The largest absolute Gasteiger partial charge is 0.394 e. The van der Waals surface area contributed by atoms with Gasteiger partial charge in [0.25, 0.3) is 0 Å². The number of hydrogen-bond acceptors (Lipinski definition) is 21. The van der Waals surface area contributed by atoms with Crippen LogP contribution < -0.4 is 0 Å². The molecule has 264 valence electrons. The Kier molecular flexibility index (Phi) is 12.8. The first kappa shape index (κ1) is 37.0. The molecular weight excluding hydrogens is 624 g/mol. The molecule has 0 unspecified atom stereocenters. The fourth-order valence-electron chi connectivity index (χ4n) is 5.56. The molecule has 0 bridgehead atoms. The fraction of sp³-hybridized carbons (Fsp3) is 1.00. The summed E-state index contributed by atoms with van der Waals surface area (Å²) in [6, 6.07) is 0. The Balaban J connectivity index is 1.52. The summed E-state index contributed by atoms with van der Waals surface area (Å²) in [5, 5.41) is 142. The molecular formula is C24H42O21. The summed E-state index contributed by atoms with van der Waals surface area (Å²) in [7, 11) is 0. The minimum absolute atomic E-state index is 0.805. The van der Waals surface area contributed by atoms with Crippen molar-refractivity contribution in [3.8, 4) is 0 Å². The van der Waals surface area contributed by atoms with Crippen LogP contribution in [0.25, 0.3) is 0 Å². The molecule has 4 rings (SSSR count). The highest BCUT2D eigenvalue weighted by atomic mass is 16.8. The first-order valence-electron chi connectivity index (χ1n) is 14.1. The van der Waals surface area contributed by atoms with Crippen LogP contribution in [-0.4, -0.2) is 221 Å². The molecule has 21 nitrogen and oxygen atoms in total. The van der Waals surface area contributed by atoms with Crippen LogP contribution in [0.5, 0.6) is 0 Å². The summed E-state index contributed by atoms with van der Waals surface area (Å²) in [5.74, 6) is 0. The van der Waals surface area contributed by atoms with E-state index in [1.165, 1.54) is 0 Å². The quantitative estimate of drug-likeness (QED) is 0.0919. The lowest BCUT2D eigenvalue weighted by Gasteiger charge is -2.44. The van der Waals surface area contributed by atoms with E-state index in [1.54, 1.807) is 0 Å². The highest BCUT2D eigenvalue weighted by Gasteiger charge is 2.56. The van der Waals surface area contributed by atoms with E-state index in [4.69, 9.17) is 33.2 Å². The Morgan fingerprint density at radius 3 is 1.40 bits per heavy atom. The second-order valence-electron chi connectivity index (χ2n) is 11.1. The minimum atomic E-state index is -2.01. The first-order valence-corrected chi connectivity index (χ1v) is 14.1. The molecule has 0 aromatic heterocycles. The molecule has 0 spiro atoms. The molecule has 4 aliphatic heterocycles. The number of aliphatic hydroxyl groups is 14. The summed E-state index contributed by atoms with van der Waals surface area (Å²) in [6.45, 7) is -3.50. The maximum atomic E-state index is 11.1. The predicted molar refractivity (Wildman–Crippen MR) is 134 cm³/mol. The number of rotatable bonds is 12. The number of aliphatic hydroxyl groups excluding tert-OH is 14. The Labute approximate surface area is 254 Å². The third-order valence-electron chi connectivity index (χ3n) is 8.16. The Hall–Kier alpha value is -0.840. The normalized spacial score (nSPS) is 50.5. The van der Waals surface area contributed by atoms with Crippen molar-refractivity contribution in [3.05, 3.63) is 0 Å². The van der Waals surface area contributed by atoms with Crippen LogP contribution >= 0.6 is 0 Å². The van der Waals surface area contributed by atoms with Gasteiger partial charge in [0.1, 0.15) is 97.7 Å². The summed E-state index contributed by atoms with van der Waals surface area (Å²) in [6.07, 6.45) is -35.2. The molecule has 0 aliphatic carbocycles. The molecule has 45 heavy (non-hydrogen) atoms. The van der Waals surface area contributed by atoms with Gasteiger partial charge in [0.05, 0.1) is 26.4 Å². The molecule has 4 saturated heterocycles. The highest BCUT2D eigenvalue weighted by Crippen LogP contribution is 2.36. The van der Waals surface area contributed by atoms with Crippen LogP contribution in [0.3, 0.4) is 0 Å². The van der Waals surface area contributed by atoms with Gasteiger partial charge in [-0.05, 0) is 0 Å². The van der Waals surface area contributed by atoms with E-state index < -0.39 is 149 Å². The SMILES string of the molecule is OC[C@@H](O)[C@@H]1O[C@@H](O)[C@H](O)[C@H]1O[C@H]1O[C@H](CO)[C@H](O)[C@H](O[C@@H]2O[C@@H]([C@H](O)CO)[C@H](O[C@H]3O[C@H](CO)[C@H](O)[C@H](O)[C@H]3O)[C@H]2O)[C@H]1O. The smallest absolute Gasteiger partial charge is 0.187 e. The van der Waals surface area contributed by atoms with Gasteiger partial charge < -0.3 is 105 Å². The third-order valence-corrected chi connectivity index (χ3v) is 8.16. The third kappa shape index (κ3) is 7.44. The molecule has 21 heteroatoms. The lowest BCUT2D eigenvalue weighted by Crippen LogP contribution is -2.62. The zero-order chi connectivity index (χ0) is 33.3. The van der Waals surface area contributed by atoms with Crippen molar-refractivity contribution in [1.82, 2.24) is 0 Å². The molecule has 0 aromatic rings. The highest BCUT2D eigenvalue weighted by molar-refractivity contribution is 4.99. The predicted octanol–water partition coefficient (Wildman–Crippen LogP) is -9.75. The lowest BCUT2D eigenvalue weighted by molar-refractivity contribution is -0.343. The maximum Gasteiger partial charge on any atom is 0.187 e. The van der Waals surface area contributed by atoms with Crippen LogP contribution in [0.1, 0.15) is 0 Å². The van der Waals surface area contributed by atoms with E-state index in [-0.39, 0.29) is 0 Å². The molecule has 14 N–H and O–H groups in total. The van der Waals surface area contributed by atoms with Gasteiger partial charge in [0.15, 0.2) is 25.2 Å². The van der Waals surface area contributed by atoms with Gasteiger partial charge in [-0.1, -0.05) is 0 Å². The van der Waals surface area contributed by atoms with Crippen molar-refractivity contribution >= 4 is 0 Å². The van der Waals surface area contributed by atoms with Gasteiger partial charge in [-0.3, -0.25) is 0 Å². The van der Waals surface area contributed by atoms with Crippen molar-refractivity contribution in [1.29, 1.82) is 0 Å². The Bertz CT molecular complexity index is 916. The molecule has 0 amide bonds. The molecule has 4 aliphatic rings. The Morgan fingerprint density at radius 2 is 0.867 bits per heavy atom. The standard InChI is InChI=1S/C24H42O21/c25-1-5(29)16-19(13(35)21(38)41-16)44-23-14(36)18(10(32)8(4-28)40-23)43-24-15(37)20(17(42-24)6(30)2-26)45-22-12(34)11(33)9(31)7(3-27)39-22/h5-38H,1-4H2/t5-,6-,7-,8-,9+,10+,11+,12-,13-,14-,15-,16+,17+,18+,19-,20-,21-,22-,23-,24+/m1/s1. The monoisotopic (exact) mass is 666 g/mol. The zero-order valence-corrected chi connectivity index (χ0v) is 23.5. The van der Waals surface area contributed by atoms with Crippen molar-refractivity contribution in [3.63, 3.8) is 0 Å².